The number of rotatable bonds is 12. The molecule has 208 valence electrons. The zero-order valence-electron chi connectivity index (χ0n) is 22.7. The molecule has 0 radical (unpaired) electrons. The molecule has 2 atom stereocenters. The summed E-state index contributed by atoms with van der Waals surface area (Å²) in [6.45, 7) is 8.61. The Balaban J connectivity index is 2.40. The van der Waals surface area contributed by atoms with Gasteiger partial charge in [0, 0.05) is 19.5 Å². The van der Waals surface area contributed by atoms with Gasteiger partial charge in [-0.1, -0.05) is 44.2 Å². The summed E-state index contributed by atoms with van der Waals surface area (Å²) in [5, 5.41) is 32.7. The summed E-state index contributed by atoms with van der Waals surface area (Å²) in [4.78, 5) is 12.6. The van der Waals surface area contributed by atoms with Gasteiger partial charge in [-0.25, -0.2) is 13.2 Å². The van der Waals surface area contributed by atoms with Crippen molar-refractivity contribution in [3.63, 3.8) is 0 Å². The van der Waals surface area contributed by atoms with Crippen LogP contribution < -0.4 is 5.32 Å². The number of phenols is 1. The molecule has 0 unspecified atom stereocenters. The van der Waals surface area contributed by atoms with Crippen LogP contribution in [0.5, 0.6) is 5.75 Å². The van der Waals surface area contributed by atoms with Crippen LogP contribution in [0.15, 0.2) is 59.5 Å². The van der Waals surface area contributed by atoms with Gasteiger partial charge in [0.25, 0.3) is 0 Å². The Morgan fingerprint density at radius 3 is 2.24 bits per heavy atom. The molecule has 0 heterocycles. The third-order valence-electron chi connectivity index (χ3n) is 5.85. The second kappa shape index (κ2) is 13.1. The molecular weight excluding hydrogens is 506 g/mol. The SMILES string of the molecule is CC(C)(CCC#N)CN(C[C@@H](O)[C@H](Cc1ccccc1)NC(=O)OC(C)(C)C)S(=O)(=O)c1ccc(O)cc1. The minimum atomic E-state index is -4.10. The molecule has 3 N–H and O–H groups in total. The molecule has 38 heavy (non-hydrogen) atoms. The lowest BCUT2D eigenvalue weighted by Gasteiger charge is -2.35. The van der Waals surface area contributed by atoms with Crippen molar-refractivity contribution in [3.8, 4) is 11.8 Å². The first-order valence-corrected chi connectivity index (χ1v) is 13.9. The summed E-state index contributed by atoms with van der Waals surface area (Å²) in [7, 11) is -4.10. The maximum absolute atomic E-state index is 13.7. The third kappa shape index (κ3) is 9.97. The Morgan fingerprint density at radius 2 is 1.68 bits per heavy atom. The number of nitrogens with one attached hydrogen (secondary N) is 1. The van der Waals surface area contributed by atoms with E-state index in [0.717, 1.165) is 5.56 Å². The van der Waals surface area contributed by atoms with Gasteiger partial charge >= 0.3 is 6.09 Å². The highest BCUT2D eigenvalue weighted by molar-refractivity contribution is 7.89. The average molecular weight is 546 g/mol. The van der Waals surface area contributed by atoms with E-state index in [1.165, 1.54) is 28.6 Å². The number of aromatic hydroxyl groups is 1. The van der Waals surface area contributed by atoms with E-state index >= 15 is 0 Å². The van der Waals surface area contributed by atoms with Crippen LogP contribution in [0.2, 0.25) is 0 Å². The zero-order valence-corrected chi connectivity index (χ0v) is 23.5. The summed E-state index contributed by atoms with van der Waals surface area (Å²) >= 11 is 0. The molecule has 0 saturated heterocycles. The molecule has 0 spiro atoms. The predicted octanol–water partition coefficient (Wildman–Crippen LogP) is 4.21. The van der Waals surface area contributed by atoms with Crippen LogP contribution in [0.25, 0.3) is 0 Å². The number of ether oxygens (including phenoxy) is 1. The van der Waals surface area contributed by atoms with Crippen molar-refractivity contribution in [3.05, 3.63) is 60.2 Å². The van der Waals surface area contributed by atoms with Crippen LogP contribution in [0.4, 0.5) is 4.79 Å². The zero-order chi connectivity index (χ0) is 28.6. The molecule has 10 heteroatoms. The largest absolute Gasteiger partial charge is 0.508 e. The number of alkyl carbamates (subject to hydrolysis) is 1. The molecule has 0 bridgehead atoms. The van der Waals surface area contributed by atoms with Gasteiger partial charge in [-0.15, -0.1) is 0 Å². The highest BCUT2D eigenvalue weighted by Gasteiger charge is 2.35. The number of sulfonamides is 1. The lowest BCUT2D eigenvalue weighted by atomic mass is 9.88. The number of aliphatic hydroxyl groups is 1. The molecule has 0 fully saturated rings. The molecule has 0 aliphatic rings. The van der Waals surface area contributed by atoms with Crippen LogP contribution in [0.3, 0.4) is 0 Å². The van der Waals surface area contributed by atoms with Gasteiger partial charge in [-0.05, 0) is 68.9 Å². The summed E-state index contributed by atoms with van der Waals surface area (Å²) < 4.78 is 33.9. The van der Waals surface area contributed by atoms with E-state index in [1.807, 2.05) is 44.2 Å². The monoisotopic (exact) mass is 545 g/mol. The number of phenolic OH excluding ortho intramolecular Hbond substituents is 1. The Kier molecular flexibility index (Phi) is 10.7. The first-order valence-electron chi connectivity index (χ1n) is 12.5. The van der Waals surface area contributed by atoms with Crippen LogP contribution in [-0.4, -0.2) is 59.9 Å². The predicted molar refractivity (Wildman–Crippen MR) is 145 cm³/mol. The highest BCUT2D eigenvalue weighted by Crippen LogP contribution is 2.28. The Bertz CT molecular complexity index is 1190. The standard InChI is InChI=1S/C28H39N3O6S/c1-27(2,3)37-26(34)30-24(18-21-10-7-6-8-11-21)25(33)19-31(20-28(4,5)16-9-17-29)38(35,36)23-14-12-22(32)13-15-23/h6-8,10-15,24-25,32-33H,9,16,18-20H2,1-5H3,(H,30,34)/t24-,25+/m0/s1. The fraction of sp³-hybridized carbons (Fsp3) is 0.500. The number of amides is 1. The topological polar surface area (TPSA) is 140 Å². The summed E-state index contributed by atoms with van der Waals surface area (Å²) in [6.07, 6.45) is -1.07. The minimum absolute atomic E-state index is 0.0272. The van der Waals surface area contributed by atoms with Gasteiger partial charge in [0.1, 0.15) is 11.4 Å². The molecule has 9 nitrogen and oxygen atoms in total. The first kappa shape index (κ1) is 31.1. The van der Waals surface area contributed by atoms with Gasteiger partial charge in [0.15, 0.2) is 0 Å². The maximum atomic E-state index is 13.7. The van der Waals surface area contributed by atoms with Gasteiger partial charge < -0.3 is 20.3 Å². The molecule has 2 aromatic carbocycles. The van der Waals surface area contributed by atoms with E-state index in [1.54, 1.807) is 20.8 Å². The van der Waals surface area contributed by atoms with Crippen molar-refractivity contribution in [2.75, 3.05) is 13.1 Å². The molecule has 0 saturated carbocycles. The van der Waals surface area contributed by atoms with Gasteiger partial charge in [-0.3, -0.25) is 0 Å². The van der Waals surface area contributed by atoms with E-state index in [4.69, 9.17) is 10.00 Å². The molecule has 2 aromatic rings. The van der Waals surface area contributed by atoms with E-state index < -0.39 is 39.3 Å². The smallest absolute Gasteiger partial charge is 0.407 e. The van der Waals surface area contributed by atoms with Crippen molar-refractivity contribution in [1.29, 1.82) is 5.26 Å². The van der Waals surface area contributed by atoms with E-state index in [-0.39, 0.29) is 36.6 Å². The van der Waals surface area contributed by atoms with E-state index in [9.17, 15) is 23.4 Å². The number of hydrogen-bond acceptors (Lipinski definition) is 7. The summed E-state index contributed by atoms with van der Waals surface area (Å²) in [6, 6.07) is 15.6. The average Bonchev–Trinajstić information content (AvgIpc) is 2.81. The van der Waals surface area contributed by atoms with Crippen molar-refractivity contribution in [2.45, 2.75) is 76.5 Å². The van der Waals surface area contributed by atoms with Crippen LogP contribution >= 0.6 is 0 Å². The number of nitriles is 1. The Morgan fingerprint density at radius 1 is 1.08 bits per heavy atom. The number of carbonyl (C=O) groups is 1. The van der Waals surface area contributed by atoms with Crippen LogP contribution in [0, 0.1) is 16.7 Å². The van der Waals surface area contributed by atoms with Gasteiger partial charge in [0.05, 0.1) is 23.1 Å². The van der Waals surface area contributed by atoms with Gasteiger partial charge in [0.2, 0.25) is 10.0 Å². The quantitative estimate of drug-likeness (QED) is 0.363. The fourth-order valence-electron chi connectivity index (χ4n) is 3.91. The van der Waals surface area contributed by atoms with E-state index in [2.05, 4.69) is 11.4 Å². The lowest BCUT2D eigenvalue weighted by molar-refractivity contribution is 0.0392. The van der Waals surface area contributed by atoms with Crippen LogP contribution in [0.1, 0.15) is 53.0 Å². The fourth-order valence-corrected chi connectivity index (χ4v) is 5.56. The van der Waals surface area contributed by atoms with Crippen molar-refractivity contribution < 1.29 is 28.2 Å². The van der Waals surface area contributed by atoms with Crippen molar-refractivity contribution in [1.82, 2.24) is 9.62 Å². The third-order valence-corrected chi connectivity index (χ3v) is 7.67. The lowest BCUT2D eigenvalue weighted by Crippen LogP contribution is -2.52. The number of carbonyl (C=O) groups excluding carboxylic acids is 1. The number of nitrogens with zero attached hydrogens (tertiary/aromatic N) is 2. The number of benzene rings is 2. The second-order valence-corrected chi connectivity index (χ2v) is 13.1. The molecule has 0 aromatic heterocycles. The second-order valence-electron chi connectivity index (χ2n) is 11.1. The Hall–Kier alpha value is -3.13. The minimum Gasteiger partial charge on any atom is -0.508 e. The van der Waals surface area contributed by atoms with Crippen molar-refractivity contribution >= 4 is 16.1 Å². The molecule has 0 aliphatic heterocycles. The molecular formula is C28H39N3O6S. The Labute approximate surface area is 226 Å². The summed E-state index contributed by atoms with van der Waals surface area (Å²) in [5.41, 5.74) is -0.493. The molecule has 0 aliphatic carbocycles. The number of hydrogen-bond donors (Lipinski definition) is 3. The first-order chi connectivity index (χ1) is 17.6. The van der Waals surface area contributed by atoms with E-state index in [0.29, 0.717) is 6.42 Å². The maximum Gasteiger partial charge on any atom is 0.407 e. The van der Waals surface area contributed by atoms with Crippen LogP contribution in [-0.2, 0) is 21.2 Å². The number of aliphatic hydroxyl groups excluding tert-OH is 1. The highest BCUT2D eigenvalue weighted by atomic mass is 32.2. The summed E-state index contributed by atoms with van der Waals surface area (Å²) in [5.74, 6) is -0.0747. The van der Waals surface area contributed by atoms with Crippen molar-refractivity contribution in [2.24, 2.45) is 5.41 Å². The normalized spacial score (nSPS) is 13.9. The molecule has 1 amide bonds. The van der Waals surface area contributed by atoms with Gasteiger partial charge in [-0.2, -0.15) is 9.57 Å². The molecule has 2 rings (SSSR count).